The Kier molecular flexibility index (Phi) is 4.79. The van der Waals surface area contributed by atoms with Gasteiger partial charge in [0, 0.05) is 12.6 Å². The zero-order chi connectivity index (χ0) is 14.7. The van der Waals surface area contributed by atoms with Crippen LogP contribution in [0.4, 0.5) is 0 Å². The number of rotatable bonds is 5. The second-order valence-electron chi connectivity index (χ2n) is 6.76. The summed E-state index contributed by atoms with van der Waals surface area (Å²) in [7, 11) is 0. The van der Waals surface area contributed by atoms with Crippen molar-refractivity contribution in [2.75, 3.05) is 6.54 Å². The van der Waals surface area contributed by atoms with Crippen molar-refractivity contribution in [1.29, 1.82) is 0 Å². The predicted molar refractivity (Wildman–Crippen MR) is 92.3 cm³/mol. The number of hydrogen-bond acceptors (Lipinski definition) is 1. The summed E-state index contributed by atoms with van der Waals surface area (Å²) in [6.45, 7) is 3.20. The number of hydrogen-bond donors (Lipinski definition) is 2. The van der Waals surface area contributed by atoms with Gasteiger partial charge in [0.1, 0.15) is 0 Å². The van der Waals surface area contributed by atoms with Gasteiger partial charge in [-0.05, 0) is 68.1 Å². The quantitative estimate of drug-likeness (QED) is 0.814. The molecule has 0 spiro atoms. The lowest BCUT2D eigenvalue weighted by molar-refractivity contribution is 0.278. The predicted octanol–water partition coefficient (Wildman–Crippen LogP) is 3.52. The molecule has 0 saturated heterocycles. The van der Waals surface area contributed by atoms with Crippen LogP contribution in [0.25, 0.3) is 0 Å². The molecule has 0 aromatic heterocycles. The summed E-state index contributed by atoms with van der Waals surface area (Å²) in [5.74, 6) is 2.78. The fourth-order valence-corrected chi connectivity index (χ4v) is 4.52. The second-order valence-corrected chi connectivity index (χ2v) is 7.17. The van der Waals surface area contributed by atoms with Gasteiger partial charge in [0.15, 0.2) is 5.11 Å². The topological polar surface area (TPSA) is 24.1 Å². The molecular formula is C18H26N2S. The third kappa shape index (κ3) is 3.76. The Balaban J connectivity index is 1.38. The Labute approximate surface area is 133 Å². The van der Waals surface area contributed by atoms with E-state index >= 15 is 0 Å². The van der Waals surface area contributed by atoms with Crippen molar-refractivity contribution in [3.63, 3.8) is 0 Å². The molecule has 2 N–H and O–H groups in total. The van der Waals surface area contributed by atoms with Gasteiger partial charge in [-0.3, -0.25) is 0 Å². The van der Waals surface area contributed by atoms with Crippen molar-refractivity contribution in [2.24, 2.45) is 17.8 Å². The molecule has 0 radical (unpaired) electrons. The molecule has 2 fully saturated rings. The van der Waals surface area contributed by atoms with Crippen molar-refractivity contribution in [3.05, 3.63) is 35.9 Å². The molecule has 1 aromatic carbocycles. The van der Waals surface area contributed by atoms with Gasteiger partial charge in [-0.15, -0.1) is 0 Å². The fourth-order valence-electron chi connectivity index (χ4n) is 4.24. The van der Waals surface area contributed by atoms with E-state index in [2.05, 4.69) is 47.9 Å². The van der Waals surface area contributed by atoms with Gasteiger partial charge in [-0.1, -0.05) is 36.8 Å². The summed E-state index contributed by atoms with van der Waals surface area (Å²) in [5, 5.41) is 7.68. The van der Waals surface area contributed by atoms with Crippen LogP contribution in [-0.2, 0) is 6.42 Å². The second kappa shape index (κ2) is 6.78. The molecule has 1 aromatic rings. The van der Waals surface area contributed by atoms with Crippen LogP contribution >= 0.6 is 12.2 Å². The van der Waals surface area contributed by atoms with E-state index in [1.165, 1.54) is 31.2 Å². The zero-order valence-electron chi connectivity index (χ0n) is 12.8. The summed E-state index contributed by atoms with van der Waals surface area (Å²) >= 11 is 5.44. The maximum absolute atomic E-state index is 5.44. The van der Waals surface area contributed by atoms with E-state index in [0.717, 1.165) is 35.8 Å². The summed E-state index contributed by atoms with van der Waals surface area (Å²) in [5.41, 5.74) is 1.36. The Bertz CT molecular complexity index is 473. The van der Waals surface area contributed by atoms with Crippen molar-refractivity contribution >= 4 is 17.3 Å². The van der Waals surface area contributed by atoms with E-state index in [9.17, 15) is 0 Å². The number of fused-ring (bicyclic) bond motifs is 2. The minimum Gasteiger partial charge on any atom is -0.362 e. The molecule has 21 heavy (non-hydrogen) atoms. The van der Waals surface area contributed by atoms with E-state index in [1.807, 2.05) is 0 Å². The SMILES string of the molecule is C[C@H](NC(=S)NCCc1ccccc1)[C@H]1C[C@@H]2CC[C@@H]1C2. The first-order valence-electron chi connectivity index (χ1n) is 8.30. The molecule has 0 amide bonds. The van der Waals surface area contributed by atoms with Crippen molar-refractivity contribution in [3.8, 4) is 0 Å². The fraction of sp³-hybridized carbons (Fsp3) is 0.611. The molecule has 4 atom stereocenters. The van der Waals surface area contributed by atoms with E-state index in [-0.39, 0.29) is 0 Å². The van der Waals surface area contributed by atoms with Gasteiger partial charge in [0.05, 0.1) is 0 Å². The zero-order valence-corrected chi connectivity index (χ0v) is 13.7. The molecule has 0 heterocycles. The van der Waals surface area contributed by atoms with Crippen LogP contribution in [0.3, 0.4) is 0 Å². The highest BCUT2D eigenvalue weighted by Gasteiger charge is 2.41. The summed E-state index contributed by atoms with van der Waals surface area (Å²) in [6, 6.07) is 11.1. The lowest BCUT2D eigenvalue weighted by Gasteiger charge is -2.29. The highest BCUT2D eigenvalue weighted by atomic mass is 32.1. The molecule has 3 rings (SSSR count). The van der Waals surface area contributed by atoms with E-state index in [0.29, 0.717) is 6.04 Å². The lowest BCUT2D eigenvalue weighted by atomic mass is 9.84. The smallest absolute Gasteiger partial charge is 0.166 e. The summed E-state index contributed by atoms with van der Waals surface area (Å²) in [4.78, 5) is 0. The van der Waals surface area contributed by atoms with Crippen LogP contribution in [0.1, 0.15) is 38.2 Å². The van der Waals surface area contributed by atoms with Gasteiger partial charge < -0.3 is 10.6 Å². The van der Waals surface area contributed by atoms with Crippen LogP contribution < -0.4 is 10.6 Å². The first-order chi connectivity index (χ1) is 10.2. The maximum atomic E-state index is 5.44. The number of thiocarbonyl (C=S) groups is 1. The summed E-state index contributed by atoms with van der Waals surface area (Å²) < 4.78 is 0. The Hall–Kier alpha value is -1.09. The molecule has 0 aliphatic heterocycles. The molecular weight excluding hydrogens is 276 g/mol. The van der Waals surface area contributed by atoms with Gasteiger partial charge in [0.25, 0.3) is 0 Å². The first-order valence-corrected chi connectivity index (χ1v) is 8.71. The van der Waals surface area contributed by atoms with E-state index < -0.39 is 0 Å². The lowest BCUT2D eigenvalue weighted by Crippen LogP contribution is -2.45. The molecule has 2 saturated carbocycles. The third-order valence-corrected chi connectivity index (χ3v) is 5.60. The van der Waals surface area contributed by atoms with Gasteiger partial charge in [-0.25, -0.2) is 0 Å². The Morgan fingerprint density at radius 2 is 2.05 bits per heavy atom. The standard InChI is InChI=1S/C18H26N2S/c1-13(17-12-15-7-8-16(17)11-15)20-18(21)19-10-9-14-5-3-2-4-6-14/h2-6,13,15-17H,7-12H2,1H3,(H2,19,20,21)/t13-,15+,16+,17+/m0/s1. The van der Waals surface area contributed by atoms with Gasteiger partial charge in [-0.2, -0.15) is 0 Å². The normalized spacial score (nSPS) is 28.3. The van der Waals surface area contributed by atoms with Gasteiger partial charge >= 0.3 is 0 Å². The molecule has 114 valence electrons. The molecule has 0 unspecified atom stereocenters. The van der Waals surface area contributed by atoms with Crippen LogP contribution in [0.2, 0.25) is 0 Å². The van der Waals surface area contributed by atoms with Gasteiger partial charge in [0.2, 0.25) is 0 Å². The van der Waals surface area contributed by atoms with Crippen LogP contribution in [0.5, 0.6) is 0 Å². The third-order valence-electron chi connectivity index (χ3n) is 5.34. The highest BCUT2D eigenvalue weighted by molar-refractivity contribution is 7.80. The maximum Gasteiger partial charge on any atom is 0.166 e. The molecule has 2 bridgehead atoms. The Morgan fingerprint density at radius 3 is 2.71 bits per heavy atom. The largest absolute Gasteiger partial charge is 0.362 e. The average Bonchev–Trinajstić information content (AvgIpc) is 3.11. The number of benzene rings is 1. The van der Waals surface area contributed by atoms with E-state index in [1.54, 1.807) is 0 Å². The monoisotopic (exact) mass is 302 g/mol. The molecule has 2 aliphatic rings. The molecule has 2 aliphatic carbocycles. The summed E-state index contributed by atoms with van der Waals surface area (Å²) in [6.07, 6.45) is 6.80. The minimum absolute atomic E-state index is 0.511. The average molecular weight is 302 g/mol. The van der Waals surface area contributed by atoms with Crippen LogP contribution in [-0.4, -0.2) is 17.7 Å². The highest BCUT2D eigenvalue weighted by Crippen LogP contribution is 2.49. The van der Waals surface area contributed by atoms with E-state index in [4.69, 9.17) is 12.2 Å². The van der Waals surface area contributed by atoms with Crippen molar-refractivity contribution < 1.29 is 0 Å². The minimum atomic E-state index is 0.511. The molecule has 2 nitrogen and oxygen atoms in total. The van der Waals surface area contributed by atoms with Crippen LogP contribution in [0.15, 0.2) is 30.3 Å². The van der Waals surface area contributed by atoms with Crippen LogP contribution in [0, 0.1) is 17.8 Å². The van der Waals surface area contributed by atoms with Crippen molar-refractivity contribution in [2.45, 2.75) is 45.1 Å². The van der Waals surface area contributed by atoms with Crippen molar-refractivity contribution in [1.82, 2.24) is 10.6 Å². The molecule has 3 heteroatoms. The number of nitrogens with one attached hydrogen (secondary N) is 2. The Morgan fingerprint density at radius 1 is 1.24 bits per heavy atom. The first kappa shape index (κ1) is 14.8.